The lowest BCUT2D eigenvalue weighted by molar-refractivity contribution is -0.143. The van der Waals surface area contributed by atoms with Crippen molar-refractivity contribution >= 4 is 27.9 Å². The topological polar surface area (TPSA) is 151 Å². The summed E-state index contributed by atoms with van der Waals surface area (Å²) in [7, 11) is -2.73. The summed E-state index contributed by atoms with van der Waals surface area (Å²) in [5, 5.41) is 7.51. The van der Waals surface area contributed by atoms with Gasteiger partial charge in [-0.1, -0.05) is 0 Å². The van der Waals surface area contributed by atoms with Crippen LogP contribution in [0.5, 0.6) is 5.75 Å². The van der Waals surface area contributed by atoms with Gasteiger partial charge in [0, 0.05) is 13.0 Å². The highest BCUT2D eigenvalue weighted by Gasteiger charge is 2.19. The second-order valence-electron chi connectivity index (χ2n) is 5.24. The number of nitrogens with two attached hydrogens (primary N) is 1. The molecule has 11 heteroatoms. The molecule has 3 N–H and O–H groups in total. The van der Waals surface area contributed by atoms with Crippen LogP contribution >= 0.6 is 0 Å². The molecule has 0 spiro atoms. The van der Waals surface area contributed by atoms with Gasteiger partial charge in [0.2, 0.25) is 10.0 Å². The van der Waals surface area contributed by atoms with E-state index in [1.165, 1.54) is 19.2 Å². The number of carbonyl (C=O) groups excluding carboxylic acids is 3. The molecular formula is C16H22N2O8S. The molecule has 150 valence electrons. The van der Waals surface area contributed by atoms with Crippen molar-refractivity contribution in [3.8, 4) is 5.75 Å². The standard InChI is InChI=1S/C16H22N2O8S/c1-3-25-15(20)5-4-8-18-14(19)10-26-16(21)12-9-11(27(17,22)23)6-7-13(12)24-2/h6-7,9H,3-5,8,10H2,1-2H3,(H,18,19)(H2,17,22,23). The van der Waals surface area contributed by atoms with Crippen molar-refractivity contribution in [1.29, 1.82) is 0 Å². The zero-order chi connectivity index (χ0) is 20.4. The summed E-state index contributed by atoms with van der Waals surface area (Å²) in [6.45, 7) is 1.61. The number of ether oxygens (including phenoxy) is 3. The van der Waals surface area contributed by atoms with Crippen molar-refractivity contribution in [1.82, 2.24) is 5.32 Å². The number of sulfonamides is 1. The Morgan fingerprint density at radius 3 is 2.48 bits per heavy atom. The Morgan fingerprint density at radius 2 is 1.89 bits per heavy atom. The van der Waals surface area contributed by atoms with Gasteiger partial charge in [-0.15, -0.1) is 0 Å². The summed E-state index contributed by atoms with van der Waals surface area (Å²) in [6, 6.07) is 3.45. The molecule has 0 fully saturated rings. The Kier molecular flexibility index (Phi) is 8.69. The average Bonchev–Trinajstić information content (AvgIpc) is 2.62. The number of rotatable bonds is 10. The third-order valence-electron chi connectivity index (χ3n) is 3.24. The number of nitrogens with one attached hydrogen (secondary N) is 1. The van der Waals surface area contributed by atoms with E-state index in [4.69, 9.17) is 19.3 Å². The minimum atomic E-state index is -4.02. The van der Waals surface area contributed by atoms with Crippen LogP contribution in [-0.2, 0) is 29.1 Å². The van der Waals surface area contributed by atoms with Gasteiger partial charge in [-0.25, -0.2) is 18.4 Å². The number of carbonyl (C=O) groups is 3. The Bertz CT molecular complexity index is 792. The molecule has 0 aromatic heterocycles. The molecule has 10 nitrogen and oxygen atoms in total. The van der Waals surface area contributed by atoms with E-state index in [0.717, 1.165) is 6.07 Å². The van der Waals surface area contributed by atoms with Crippen LogP contribution in [0.15, 0.2) is 23.1 Å². The van der Waals surface area contributed by atoms with Crippen molar-refractivity contribution < 1.29 is 37.0 Å². The van der Waals surface area contributed by atoms with Gasteiger partial charge in [-0.2, -0.15) is 0 Å². The number of hydrogen-bond donors (Lipinski definition) is 2. The quantitative estimate of drug-likeness (QED) is 0.409. The zero-order valence-corrected chi connectivity index (χ0v) is 15.8. The molecule has 0 bridgehead atoms. The summed E-state index contributed by atoms with van der Waals surface area (Å²) in [5.41, 5.74) is -0.181. The molecule has 0 saturated heterocycles. The lowest BCUT2D eigenvalue weighted by atomic mass is 10.2. The molecule has 1 amide bonds. The van der Waals surface area contributed by atoms with Crippen LogP contribution in [0.3, 0.4) is 0 Å². The highest BCUT2D eigenvalue weighted by molar-refractivity contribution is 7.89. The molecule has 1 aromatic carbocycles. The molecule has 0 saturated carbocycles. The molecule has 0 unspecified atom stereocenters. The van der Waals surface area contributed by atoms with Crippen molar-refractivity contribution in [3.63, 3.8) is 0 Å². The highest BCUT2D eigenvalue weighted by atomic mass is 32.2. The number of benzene rings is 1. The molecular weight excluding hydrogens is 380 g/mol. The summed E-state index contributed by atoms with van der Waals surface area (Å²) >= 11 is 0. The maximum absolute atomic E-state index is 12.1. The second kappa shape index (κ2) is 10.5. The first-order valence-electron chi connectivity index (χ1n) is 7.99. The van der Waals surface area contributed by atoms with E-state index in [1.807, 2.05) is 0 Å². The van der Waals surface area contributed by atoms with Gasteiger partial charge in [-0.3, -0.25) is 9.59 Å². The molecule has 1 aromatic rings. The Hall–Kier alpha value is -2.66. The van der Waals surface area contributed by atoms with Crippen LogP contribution in [0.1, 0.15) is 30.1 Å². The van der Waals surface area contributed by atoms with Gasteiger partial charge in [0.1, 0.15) is 11.3 Å². The van der Waals surface area contributed by atoms with Crippen LogP contribution in [0.2, 0.25) is 0 Å². The minimum absolute atomic E-state index is 0.0715. The number of esters is 2. The fourth-order valence-electron chi connectivity index (χ4n) is 1.98. The largest absolute Gasteiger partial charge is 0.496 e. The van der Waals surface area contributed by atoms with E-state index in [9.17, 15) is 22.8 Å². The number of primary sulfonamides is 1. The maximum atomic E-state index is 12.1. The molecule has 0 aliphatic carbocycles. The second-order valence-corrected chi connectivity index (χ2v) is 6.80. The first kappa shape index (κ1) is 22.4. The first-order valence-corrected chi connectivity index (χ1v) is 9.54. The average molecular weight is 402 g/mol. The molecule has 0 aliphatic rings. The molecule has 0 radical (unpaired) electrons. The minimum Gasteiger partial charge on any atom is -0.496 e. The summed E-state index contributed by atoms with van der Waals surface area (Å²) in [5.74, 6) is -1.81. The van der Waals surface area contributed by atoms with Crippen LogP contribution in [0.25, 0.3) is 0 Å². The molecule has 0 atom stereocenters. The summed E-state index contributed by atoms with van der Waals surface area (Å²) < 4.78 is 37.4. The van der Waals surface area contributed by atoms with Gasteiger partial charge in [0.25, 0.3) is 5.91 Å². The van der Waals surface area contributed by atoms with Gasteiger partial charge in [0.05, 0.1) is 18.6 Å². The van der Waals surface area contributed by atoms with E-state index in [2.05, 4.69) is 5.32 Å². The van der Waals surface area contributed by atoms with Crippen molar-refractivity contribution in [3.05, 3.63) is 23.8 Å². The molecule has 27 heavy (non-hydrogen) atoms. The molecule has 0 heterocycles. The van der Waals surface area contributed by atoms with E-state index in [1.54, 1.807) is 6.92 Å². The lowest BCUT2D eigenvalue weighted by Gasteiger charge is -2.10. The fraction of sp³-hybridized carbons (Fsp3) is 0.438. The lowest BCUT2D eigenvalue weighted by Crippen LogP contribution is -2.30. The van der Waals surface area contributed by atoms with Crippen molar-refractivity contribution in [2.24, 2.45) is 5.14 Å². The predicted octanol–water partition coefficient (Wildman–Crippen LogP) is -0.0411. The monoisotopic (exact) mass is 402 g/mol. The van der Waals surface area contributed by atoms with Crippen molar-refractivity contribution in [2.75, 3.05) is 26.9 Å². The number of methoxy groups -OCH3 is 1. The smallest absolute Gasteiger partial charge is 0.342 e. The first-order chi connectivity index (χ1) is 12.7. The van der Waals surface area contributed by atoms with Crippen LogP contribution in [0.4, 0.5) is 0 Å². The van der Waals surface area contributed by atoms with Crippen molar-refractivity contribution in [2.45, 2.75) is 24.7 Å². The summed E-state index contributed by atoms with van der Waals surface area (Å²) in [6.07, 6.45) is 0.536. The molecule has 0 aliphatic heterocycles. The van der Waals surface area contributed by atoms with Gasteiger partial charge < -0.3 is 19.5 Å². The third-order valence-corrected chi connectivity index (χ3v) is 4.15. The van der Waals surface area contributed by atoms with E-state index < -0.39 is 28.5 Å². The van der Waals surface area contributed by atoms with E-state index in [-0.39, 0.29) is 41.8 Å². The van der Waals surface area contributed by atoms with E-state index >= 15 is 0 Å². The Labute approximate surface area is 157 Å². The van der Waals surface area contributed by atoms with Gasteiger partial charge in [0.15, 0.2) is 6.61 Å². The fourth-order valence-corrected chi connectivity index (χ4v) is 2.52. The van der Waals surface area contributed by atoms with Gasteiger partial charge in [-0.05, 0) is 31.5 Å². The molecule has 1 rings (SSSR count). The maximum Gasteiger partial charge on any atom is 0.342 e. The predicted molar refractivity (Wildman–Crippen MR) is 93.5 cm³/mol. The van der Waals surface area contributed by atoms with Gasteiger partial charge >= 0.3 is 11.9 Å². The number of amides is 1. The van der Waals surface area contributed by atoms with Crippen LogP contribution in [0, 0.1) is 0 Å². The highest BCUT2D eigenvalue weighted by Crippen LogP contribution is 2.22. The SMILES string of the molecule is CCOC(=O)CCCNC(=O)COC(=O)c1cc(S(N)(=O)=O)ccc1OC. The van der Waals surface area contributed by atoms with E-state index in [0.29, 0.717) is 6.42 Å². The van der Waals surface area contributed by atoms with Crippen LogP contribution in [-0.4, -0.2) is 53.1 Å². The zero-order valence-electron chi connectivity index (χ0n) is 15.0. The summed E-state index contributed by atoms with van der Waals surface area (Å²) in [4.78, 5) is 34.7. The Morgan fingerprint density at radius 1 is 1.19 bits per heavy atom. The third kappa shape index (κ3) is 7.62. The van der Waals surface area contributed by atoms with Crippen LogP contribution < -0.4 is 15.2 Å². The number of hydrogen-bond acceptors (Lipinski definition) is 8. The Balaban J connectivity index is 2.56. The normalized spacial score (nSPS) is 10.8.